The van der Waals surface area contributed by atoms with E-state index in [1.807, 2.05) is 0 Å². The van der Waals surface area contributed by atoms with Gasteiger partial charge in [0.2, 0.25) is 0 Å². The van der Waals surface area contributed by atoms with E-state index in [1.54, 1.807) is 0 Å². The van der Waals surface area contributed by atoms with Crippen molar-refractivity contribution >= 4 is 0 Å². The van der Waals surface area contributed by atoms with Crippen molar-refractivity contribution in [3.05, 3.63) is 0 Å². The van der Waals surface area contributed by atoms with Gasteiger partial charge in [-0.15, -0.1) is 0 Å². The zero-order chi connectivity index (χ0) is 12.7. The first-order valence-electron chi connectivity index (χ1n) is 7.15. The van der Waals surface area contributed by atoms with Gasteiger partial charge in [-0.3, -0.25) is 4.90 Å². The van der Waals surface area contributed by atoms with Gasteiger partial charge in [0.15, 0.2) is 0 Å². The number of morpholine rings is 1. The summed E-state index contributed by atoms with van der Waals surface area (Å²) >= 11 is 0. The molecule has 3 nitrogen and oxygen atoms in total. The van der Waals surface area contributed by atoms with Crippen molar-refractivity contribution in [1.29, 1.82) is 0 Å². The lowest BCUT2D eigenvalue weighted by atomic mass is 10.0. The number of hydrogen-bond acceptors (Lipinski definition) is 3. The topological polar surface area (TPSA) is 32.7 Å². The summed E-state index contributed by atoms with van der Waals surface area (Å²) < 4.78 is 5.68. The summed E-state index contributed by atoms with van der Waals surface area (Å²) in [7, 11) is 0. The molecule has 17 heavy (non-hydrogen) atoms. The molecular formula is C14H29NO2. The van der Waals surface area contributed by atoms with Crippen molar-refractivity contribution in [2.75, 3.05) is 26.2 Å². The third-order valence-electron chi connectivity index (χ3n) is 3.43. The van der Waals surface area contributed by atoms with Crippen LogP contribution in [-0.2, 0) is 4.74 Å². The van der Waals surface area contributed by atoms with E-state index in [0.717, 1.165) is 45.0 Å². The molecule has 0 saturated carbocycles. The molecule has 2 atom stereocenters. The molecule has 0 amide bonds. The Labute approximate surface area is 106 Å². The molecule has 0 bridgehead atoms. The lowest BCUT2D eigenvalue weighted by molar-refractivity contribution is -0.0907. The molecule has 1 saturated heterocycles. The number of aliphatic hydroxyl groups is 1. The number of ether oxygens (including phenoxy) is 1. The molecule has 1 aliphatic rings. The Kier molecular flexibility index (Phi) is 7.09. The van der Waals surface area contributed by atoms with Crippen molar-refractivity contribution in [3.8, 4) is 0 Å². The molecule has 0 aromatic rings. The van der Waals surface area contributed by atoms with Crippen LogP contribution in [0, 0.1) is 5.92 Å². The van der Waals surface area contributed by atoms with Crippen molar-refractivity contribution in [2.45, 2.75) is 58.7 Å². The molecule has 0 aromatic heterocycles. The maximum Gasteiger partial charge on any atom is 0.0960 e. The summed E-state index contributed by atoms with van der Waals surface area (Å²) in [6.45, 7) is 10.5. The van der Waals surface area contributed by atoms with Crippen molar-refractivity contribution < 1.29 is 9.84 Å². The van der Waals surface area contributed by atoms with E-state index in [2.05, 4.69) is 25.7 Å². The minimum absolute atomic E-state index is 0.0301. The Hall–Kier alpha value is -0.120. The van der Waals surface area contributed by atoms with Crippen molar-refractivity contribution in [3.63, 3.8) is 0 Å². The maximum atomic E-state index is 10.1. The van der Waals surface area contributed by atoms with Gasteiger partial charge in [-0.25, -0.2) is 0 Å². The normalized spacial score (nSPS) is 24.2. The van der Waals surface area contributed by atoms with E-state index < -0.39 is 0 Å². The number of rotatable bonds is 7. The summed E-state index contributed by atoms with van der Waals surface area (Å²) in [5, 5.41) is 10.1. The molecule has 1 fully saturated rings. The Morgan fingerprint density at radius 3 is 2.76 bits per heavy atom. The van der Waals surface area contributed by atoms with Crippen LogP contribution >= 0.6 is 0 Å². The summed E-state index contributed by atoms with van der Waals surface area (Å²) in [6, 6.07) is 0. The first-order valence-corrected chi connectivity index (χ1v) is 7.15. The standard InChI is InChI=1S/C14H29NO2/c1-4-8-15-9-10-17-14(11-15)13(16)7-5-6-12(2)3/h12-14,16H,4-11H2,1-3H3. The highest BCUT2D eigenvalue weighted by atomic mass is 16.5. The predicted octanol–water partition coefficient (Wildman–Crippen LogP) is 2.28. The highest BCUT2D eigenvalue weighted by molar-refractivity contribution is 4.77. The third-order valence-corrected chi connectivity index (χ3v) is 3.43. The minimum Gasteiger partial charge on any atom is -0.390 e. The second kappa shape index (κ2) is 8.06. The van der Waals surface area contributed by atoms with Crippen LogP contribution in [0.3, 0.4) is 0 Å². The van der Waals surface area contributed by atoms with E-state index >= 15 is 0 Å². The first-order chi connectivity index (χ1) is 8.13. The quantitative estimate of drug-likeness (QED) is 0.744. The van der Waals surface area contributed by atoms with Crippen LogP contribution in [0.25, 0.3) is 0 Å². The zero-order valence-corrected chi connectivity index (χ0v) is 11.7. The van der Waals surface area contributed by atoms with Crippen LogP contribution in [0.1, 0.15) is 46.5 Å². The van der Waals surface area contributed by atoms with Gasteiger partial charge < -0.3 is 9.84 Å². The van der Waals surface area contributed by atoms with Crippen LogP contribution in [0.15, 0.2) is 0 Å². The Morgan fingerprint density at radius 2 is 2.12 bits per heavy atom. The summed E-state index contributed by atoms with van der Waals surface area (Å²) in [6.07, 6.45) is 4.10. The van der Waals surface area contributed by atoms with E-state index in [9.17, 15) is 5.11 Å². The largest absolute Gasteiger partial charge is 0.390 e. The van der Waals surface area contributed by atoms with E-state index in [1.165, 1.54) is 12.8 Å². The molecule has 102 valence electrons. The lowest BCUT2D eigenvalue weighted by Gasteiger charge is -2.35. The Bertz CT molecular complexity index is 195. The van der Waals surface area contributed by atoms with Gasteiger partial charge in [-0.2, -0.15) is 0 Å². The van der Waals surface area contributed by atoms with Crippen molar-refractivity contribution in [2.24, 2.45) is 5.92 Å². The molecule has 1 heterocycles. The highest BCUT2D eigenvalue weighted by Gasteiger charge is 2.25. The fraction of sp³-hybridized carbons (Fsp3) is 1.00. The van der Waals surface area contributed by atoms with Gasteiger partial charge >= 0.3 is 0 Å². The SMILES string of the molecule is CCCN1CCOC(C(O)CCCC(C)C)C1. The van der Waals surface area contributed by atoms with E-state index in [0.29, 0.717) is 0 Å². The summed E-state index contributed by atoms with van der Waals surface area (Å²) in [4.78, 5) is 2.40. The molecule has 0 aromatic carbocycles. The monoisotopic (exact) mass is 243 g/mol. The molecule has 2 unspecified atom stereocenters. The average Bonchev–Trinajstić information content (AvgIpc) is 2.29. The first kappa shape index (κ1) is 14.9. The predicted molar refractivity (Wildman–Crippen MR) is 71.2 cm³/mol. The van der Waals surface area contributed by atoms with Gasteiger partial charge in [0, 0.05) is 13.1 Å². The fourth-order valence-corrected chi connectivity index (χ4v) is 2.40. The van der Waals surface area contributed by atoms with Gasteiger partial charge in [-0.05, 0) is 25.3 Å². The van der Waals surface area contributed by atoms with Gasteiger partial charge in [0.25, 0.3) is 0 Å². The fourth-order valence-electron chi connectivity index (χ4n) is 2.40. The van der Waals surface area contributed by atoms with Crippen LogP contribution in [0.5, 0.6) is 0 Å². The summed E-state index contributed by atoms with van der Waals surface area (Å²) in [5.41, 5.74) is 0. The summed E-state index contributed by atoms with van der Waals surface area (Å²) in [5.74, 6) is 0.728. The minimum atomic E-state index is -0.284. The Morgan fingerprint density at radius 1 is 1.35 bits per heavy atom. The van der Waals surface area contributed by atoms with Crippen LogP contribution < -0.4 is 0 Å². The van der Waals surface area contributed by atoms with Gasteiger partial charge in [0.1, 0.15) is 0 Å². The van der Waals surface area contributed by atoms with Gasteiger partial charge in [-0.1, -0.05) is 33.6 Å². The molecule has 0 spiro atoms. The maximum absolute atomic E-state index is 10.1. The molecule has 1 N–H and O–H groups in total. The second-order valence-corrected chi connectivity index (χ2v) is 5.60. The molecule has 0 radical (unpaired) electrons. The van der Waals surface area contributed by atoms with Crippen molar-refractivity contribution in [1.82, 2.24) is 4.90 Å². The third kappa shape index (κ3) is 5.84. The van der Waals surface area contributed by atoms with E-state index in [-0.39, 0.29) is 12.2 Å². The molecule has 1 rings (SSSR count). The zero-order valence-electron chi connectivity index (χ0n) is 11.7. The van der Waals surface area contributed by atoms with Crippen LogP contribution in [-0.4, -0.2) is 48.5 Å². The van der Waals surface area contributed by atoms with Crippen LogP contribution in [0.2, 0.25) is 0 Å². The second-order valence-electron chi connectivity index (χ2n) is 5.60. The molecule has 3 heteroatoms. The molecular weight excluding hydrogens is 214 g/mol. The number of hydrogen-bond donors (Lipinski definition) is 1. The van der Waals surface area contributed by atoms with E-state index in [4.69, 9.17) is 4.74 Å². The smallest absolute Gasteiger partial charge is 0.0960 e. The van der Waals surface area contributed by atoms with Crippen LogP contribution in [0.4, 0.5) is 0 Å². The molecule has 1 aliphatic heterocycles. The Balaban J connectivity index is 2.23. The average molecular weight is 243 g/mol. The lowest BCUT2D eigenvalue weighted by Crippen LogP contribution is -2.47. The van der Waals surface area contributed by atoms with Gasteiger partial charge in [0.05, 0.1) is 18.8 Å². The number of aliphatic hydroxyl groups excluding tert-OH is 1. The highest BCUT2D eigenvalue weighted by Crippen LogP contribution is 2.15. The molecule has 0 aliphatic carbocycles. The number of nitrogens with zero attached hydrogens (tertiary/aromatic N) is 1.